The van der Waals surface area contributed by atoms with Gasteiger partial charge in [-0.2, -0.15) is 0 Å². The summed E-state index contributed by atoms with van der Waals surface area (Å²) in [7, 11) is 0. The van der Waals surface area contributed by atoms with Crippen LogP contribution in [0.15, 0.2) is 23.8 Å². The zero-order chi connectivity index (χ0) is 11.5. The van der Waals surface area contributed by atoms with Crippen molar-refractivity contribution in [2.75, 3.05) is 18.0 Å². The molecule has 3 nitrogen and oxygen atoms in total. The standard InChI is InChI=1S/C13H19N3/c1-10-3-5-16(6-4-10)13-8-12(9-14)7-11(2)15-13/h3,7-8H,4-6,9,14H2,1-2H3. The van der Waals surface area contributed by atoms with Crippen molar-refractivity contribution in [1.29, 1.82) is 0 Å². The fourth-order valence-electron chi connectivity index (χ4n) is 1.98. The van der Waals surface area contributed by atoms with Gasteiger partial charge in [0.05, 0.1) is 0 Å². The predicted molar refractivity (Wildman–Crippen MR) is 67.5 cm³/mol. The zero-order valence-electron chi connectivity index (χ0n) is 10.0. The van der Waals surface area contributed by atoms with E-state index in [4.69, 9.17) is 5.73 Å². The Morgan fingerprint density at radius 1 is 1.38 bits per heavy atom. The molecular formula is C13H19N3. The average molecular weight is 217 g/mol. The minimum atomic E-state index is 0.582. The number of aryl methyl sites for hydroxylation is 1. The maximum atomic E-state index is 5.68. The summed E-state index contributed by atoms with van der Waals surface area (Å²) in [5.74, 6) is 1.06. The summed E-state index contributed by atoms with van der Waals surface area (Å²) in [4.78, 5) is 6.88. The maximum absolute atomic E-state index is 5.68. The first-order valence-corrected chi connectivity index (χ1v) is 5.77. The molecule has 0 bridgehead atoms. The highest BCUT2D eigenvalue weighted by Gasteiger charge is 2.12. The summed E-state index contributed by atoms with van der Waals surface area (Å²) in [5.41, 5.74) is 9.36. The Labute approximate surface area is 97.0 Å². The molecule has 0 saturated carbocycles. The van der Waals surface area contributed by atoms with Gasteiger partial charge in [0, 0.05) is 25.3 Å². The van der Waals surface area contributed by atoms with Gasteiger partial charge in [0.2, 0.25) is 0 Å². The second kappa shape index (κ2) is 4.66. The van der Waals surface area contributed by atoms with Gasteiger partial charge in [-0.1, -0.05) is 11.6 Å². The Kier molecular flexibility index (Phi) is 3.25. The summed E-state index contributed by atoms with van der Waals surface area (Å²) in [6, 6.07) is 4.15. The molecule has 2 rings (SSSR count). The molecule has 0 atom stereocenters. The Bertz CT molecular complexity index is 410. The number of rotatable bonds is 2. The molecule has 2 heterocycles. The fourth-order valence-corrected chi connectivity index (χ4v) is 1.98. The van der Waals surface area contributed by atoms with Crippen molar-refractivity contribution in [2.45, 2.75) is 26.8 Å². The largest absolute Gasteiger partial charge is 0.353 e. The minimum Gasteiger partial charge on any atom is -0.353 e. The Hall–Kier alpha value is -1.35. The number of pyridine rings is 1. The Morgan fingerprint density at radius 2 is 2.19 bits per heavy atom. The number of hydrogen-bond donors (Lipinski definition) is 1. The minimum absolute atomic E-state index is 0.582. The van der Waals surface area contributed by atoms with Gasteiger partial charge in [-0.3, -0.25) is 0 Å². The number of anilines is 1. The molecule has 1 aromatic heterocycles. The lowest BCUT2D eigenvalue weighted by molar-refractivity contribution is 0.772. The third-order valence-corrected chi connectivity index (χ3v) is 3.00. The lowest BCUT2D eigenvalue weighted by Crippen LogP contribution is -2.29. The predicted octanol–water partition coefficient (Wildman–Crippen LogP) is 2.01. The molecule has 1 aliphatic heterocycles. The van der Waals surface area contributed by atoms with Crippen molar-refractivity contribution in [3.8, 4) is 0 Å². The van der Waals surface area contributed by atoms with Crippen LogP contribution in [0.1, 0.15) is 24.6 Å². The normalized spacial score (nSPS) is 16.2. The van der Waals surface area contributed by atoms with Gasteiger partial charge in [-0.15, -0.1) is 0 Å². The summed E-state index contributed by atoms with van der Waals surface area (Å²) in [6.45, 7) is 6.81. The highest BCUT2D eigenvalue weighted by Crippen LogP contribution is 2.19. The summed E-state index contributed by atoms with van der Waals surface area (Å²) < 4.78 is 0. The molecule has 86 valence electrons. The van der Waals surface area contributed by atoms with E-state index in [1.807, 2.05) is 6.92 Å². The van der Waals surface area contributed by atoms with Crippen LogP contribution in [0.5, 0.6) is 0 Å². The van der Waals surface area contributed by atoms with Gasteiger partial charge >= 0.3 is 0 Å². The van der Waals surface area contributed by atoms with E-state index in [0.29, 0.717) is 6.54 Å². The van der Waals surface area contributed by atoms with E-state index >= 15 is 0 Å². The van der Waals surface area contributed by atoms with Gasteiger partial charge in [0.15, 0.2) is 0 Å². The van der Waals surface area contributed by atoms with E-state index in [9.17, 15) is 0 Å². The molecule has 0 amide bonds. The summed E-state index contributed by atoms with van der Waals surface area (Å²) >= 11 is 0. The molecule has 3 heteroatoms. The molecule has 2 N–H and O–H groups in total. The molecule has 1 aliphatic rings. The molecule has 1 aromatic rings. The molecule has 0 aromatic carbocycles. The van der Waals surface area contributed by atoms with Gasteiger partial charge in [-0.05, 0) is 38.0 Å². The number of nitrogens with two attached hydrogens (primary N) is 1. The fraction of sp³-hybridized carbons (Fsp3) is 0.462. The summed E-state index contributed by atoms with van der Waals surface area (Å²) in [6.07, 6.45) is 3.41. The van der Waals surface area contributed by atoms with Crippen molar-refractivity contribution in [3.05, 3.63) is 35.0 Å². The number of aromatic nitrogens is 1. The van der Waals surface area contributed by atoms with Crippen molar-refractivity contribution in [3.63, 3.8) is 0 Å². The van der Waals surface area contributed by atoms with Crippen LogP contribution in [-0.2, 0) is 6.54 Å². The molecule has 0 radical (unpaired) electrons. The van der Waals surface area contributed by atoms with Crippen molar-refractivity contribution in [2.24, 2.45) is 5.73 Å². The smallest absolute Gasteiger partial charge is 0.129 e. The highest BCUT2D eigenvalue weighted by atomic mass is 15.2. The van der Waals surface area contributed by atoms with Crippen molar-refractivity contribution < 1.29 is 0 Å². The summed E-state index contributed by atoms with van der Waals surface area (Å²) in [5, 5.41) is 0. The average Bonchev–Trinajstić information content (AvgIpc) is 2.29. The first-order chi connectivity index (χ1) is 7.69. The molecular weight excluding hydrogens is 198 g/mol. The van der Waals surface area contributed by atoms with Crippen LogP contribution in [0, 0.1) is 6.92 Å². The van der Waals surface area contributed by atoms with Gasteiger partial charge in [0.1, 0.15) is 5.82 Å². The van der Waals surface area contributed by atoms with E-state index in [0.717, 1.165) is 36.6 Å². The Balaban J connectivity index is 2.23. The number of hydrogen-bond acceptors (Lipinski definition) is 3. The third kappa shape index (κ3) is 2.42. The van der Waals surface area contributed by atoms with E-state index in [-0.39, 0.29) is 0 Å². The molecule has 16 heavy (non-hydrogen) atoms. The number of nitrogens with zero attached hydrogens (tertiary/aromatic N) is 2. The van der Waals surface area contributed by atoms with Gasteiger partial charge < -0.3 is 10.6 Å². The van der Waals surface area contributed by atoms with E-state index < -0.39 is 0 Å². The topological polar surface area (TPSA) is 42.1 Å². The monoisotopic (exact) mass is 217 g/mol. The SMILES string of the molecule is CC1=CCN(c2cc(CN)cc(C)n2)CC1. The third-order valence-electron chi connectivity index (χ3n) is 3.00. The van der Waals surface area contributed by atoms with Crippen molar-refractivity contribution in [1.82, 2.24) is 4.98 Å². The molecule has 0 aliphatic carbocycles. The molecule has 0 fully saturated rings. The molecule has 0 saturated heterocycles. The maximum Gasteiger partial charge on any atom is 0.129 e. The lowest BCUT2D eigenvalue weighted by atomic mass is 10.1. The van der Waals surface area contributed by atoms with E-state index in [2.05, 4.69) is 35.0 Å². The quantitative estimate of drug-likeness (QED) is 0.770. The Morgan fingerprint density at radius 3 is 2.81 bits per heavy atom. The lowest BCUT2D eigenvalue weighted by Gasteiger charge is -2.27. The first kappa shape index (κ1) is 11.1. The second-order valence-corrected chi connectivity index (χ2v) is 4.43. The van der Waals surface area contributed by atoms with Crippen LogP contribution in [0.2, 0.25) is 0 Å². The highest BCUT2D eigenvalue weighted by molar-refractivity contribution is 5.44. The second-order valence-electron chi connectivity index (χ2n) is 4.43. The van der Waals surface area contributed by atoms with E-state index in [1.54, 1.807) is 0 Å². The van der Waals surface area contributed by atoms with Gasteiger partial charge in [0.25, 0.3) is 0 Å². The van der Waals surface area contributed by atoms with Gasteiger partial charge in [-0.25, -0.2) is 4.98 Å². The van der Waals surface area contributed by atoms with Crippen LogP contribution >= 0.6 is 0 Å². The molecule has 0 unspecified atom stereocenters. The molecule has 0 spiro atoms. The van der Waals surface area contributed by atoms with Crippen LogP contribution in [0.4, 0.5) is 5.82 Å². The van der Waals surface area contributed by atoms with Crippen molar-refractivity contribution >= 4 is 5.82 Å². The van der Waals surface area contributed by atoms with Crippen LogP contribution in [-0.4, -0.2) is 18.1 Å². The van der Waals surface area contributed by atoms with Crippen LogP contribution in [0.25, 0.3) is 0 Å². The van der Waals surface area contributed by atoms with Crippen LogP contribution < -0.4 is 10.6 Å². The zero-order valence-corrected chi connectivity index (χ0v) is 10.0. The van der Waals surface area contributed by atoms with Crippen LogP contribution in [0.3, 0.4) is 0 Å². The first-order valence-electron chi connectivity index (χ1n) is 5.77. The van der Waals surface area contributed by atoms with E-state index in [1.165, 1.54) is 5.57 Å².